The van der Waals surface area contributed by atoms with E-state index in [9.17, 15) is 24.0 Å². The molecule has 11 heteroatoms. The number of Topliss-reactive ketones (excluding diaryl/α,β-unsaturated/α-hetero) is 1. The minimum Gasteiger partial charge on any atom is -0.363 e. The molecule has 5 amide bonds. The molecule has 44 heavy (non-hydrogen) atoms. The molecule has 2 heterocycles. The third-order valence-corrected chi connectivity index (χ3v) is 10.4. The van der Waals surface area contributed by atoms with Gasteiger partial charge >= 0.3 is 6.03 Å². The molecule has 4 atom stereocenters. The minimum absolute atomic E-state index is 0.0879. The summed E-state index contributed by atoms with van der Waals surface area (Å²) in [6.45, 7) is 10.1. The zero-order valence-electron chi connectivity index (χ0n) is 26.9. The predicted molar refractivity (Wildman–Crippen MR) is 171 cm³/mol. The van der Waals surface area contributed by atoms with Gasteiger partial charge in [0, 0.05) is 12.1 Å². The van der Waals surface area contributed by atoms with Crippen molar-refractivity contribution < 1.29 is 24.0 Å². The van der Waals surface area contributed by atoms with Crippen LogP contribution < -0.4 is 21.7 Å². The van der Waals surface area contributed by atoms with Crippen LogP contribution in [0.5, 0.6) is 0 Å². The van der Waals surface area contributed by atoms with Crippen molar-refractivity contribution in [3.05, 3.63) is 22.4 Å². The van der Waals surface area contributed by atoms with Crippen molar-refractivity contribution in [2.75, 3.05) is 6.54 Å². The van der Waals surface area contributed by atoms with Gasteiger partial charge in [-0.25, -0.2) is 4.79 Å². The summed E-state index contributed by atoms with van der Waals surface area (Å²) in [5, 5.41) is 13.3. The molecule has 1 saturated heterocycles. The maximum absolute atomic E-state index is 14.3. The number of urea groups is 1. The topological polar surface area (TPSA) is 151 Å². The lowest BCUT2D eigenvalue weighted by Gasteiger charge is -2.40. The third-order valence-electron chi connectivity index (χ3n) is 9.69. The molecule has 2 saturated carbocycles. The Labute approximate surface area is 265 Å². The number of ketones is 1. The Morgan fingerprint density at radius 3 is 2.27 bits per heavy atom. The van der Waals surface area contributed by atoms with Gasteiger partial charge in [-0.15, -0.1) is 0 Å². The largest absolute Gasteiger partial charge is 0.363 e. The van der Waals surface area contributed by atoms with Crippen LogP contribution in [0.1, 0.15) is 98.0 Å². The molecule has 3 fully saturated rings. The van der Waals surface area contributed by atoms with Gasteiger partial charge in [0.15, 0.2) is 0 Å². The molecule has 1 aliphatic heterocycles. The summed E-state index contributed by atoms with van der Waals surface area (Å²) in [6.07, 6.45) is 8.56. The van der Waals surface area contributed by atoms with E-state index < -0.39 is 41.1 Å². The van der Waals surface area contributed by atoms with Crippen molar-refractivity contribution in [1.82, 2.24) is 20.9 Å². The molecule has 10 nitrogen and oxygen atoms in total. The summed E-state index contributed by atoms with van der Waals surface area (Å²) < 4.78 is 0. The highest BCUT2D eigenvalue weighted by atomic mass is 32.1. The van der Waals surface area contributed by atoms with Crippen molar-refractivity contribution in [1.29, 1.82) is 0 Å². The number of primary amides is 1. The number of hydrogen-bond donors (Lipinski definition) is 4. The van der Waals surface area contributed by atoms with E-state index in [1.165, 1.54) is 5.56 Å². The Kier molecular flexibility index (Phi) is 10.8. The summed E-state index contributed by atoms with van der Waals surface area (Å²) in [4.78, 5) is 67.8. The first kappa shape index (κ1) is 33.9. The monoisotopic (exact) mass is 629 g/mol. The van der Waals surface area contributed by atoms with Crippen LogP contribution in [-0.2, 0) is 25.6 Å². The van der Waals surface area contributed by atoms with E-state index in [0.29, 0.717) is 19.4 Å². The molecule has 0 radical (unpaired) electrons. The number of hydrogen-bond acceptors (Lipinski definition) is 6. The number of nitrogens with one attached hydrogen (secondary N) is 3. The number of nitrogens with two attached hydrogens (primary N) is 1. The Hall–Kier alpha value is -2.95. The standard InChI is InChI=1S/C33H51N5O5S/c1-20(2)23-11-15-38(25(23)29(41)35-24(17-21-9-10-21)26(39)28(34)40)30(42)27(32(3,4)5)36-31(43)37-33(13-7-6-8-14-33)18-22-12-16-44-19-22/h12,16,19-21,23-25,27H,6-11,13-15,17-18H2,1-5H3,(H2,34,40)(H,35,41)(H2,36,37,43)/t23-,24?,25+,27-/m1/s1. The minimum atomic E-state index is -1.08. The number of carbonyl (C=O) groups is 5. The molecule has 1 aromatic heterocycles. The van der Waals surface area contributed by atoms with E-state index in [1.54, 1.807) is 16.2 Å². The highest BCUT2D eigenvalue weighted by molar-refractivity contribution is 7.07. The van der Waals surface area contributed by atoms with Crippen molar-refractivity contribution in [3.8, 4) is 0 Å². The van der Waals surface area contributed by atoms with Crippen LogP contribution in [0.3, 0.4) is 0 Å². The number of nitrogens with zero attached hydrogens (tertiary/aromatic N) is 1. The van der Waals surface area contributed by atoms with E-state index in [4.69, 9.17) is 5.73 Å². The summed E-state index contributed by atoms with van der Waals surface area (Å²) in [6, 6.07) is -1.01. The molecule has 1 unspecified atom stereocenters. The van der Waals surface area contributed by atoms with Crippen LogP contribution in [0.15, 0.2) is 16.8 Å². The molecule has 5 N–H and O–H groups in total. The fourth-order valence-electron chi connectivity index (χ4n) is 7.03. The van der Waals surface area contributed by atoms with Crippen LogP contribution in [-0.4, -0.2) is 64.6 Å². The lowest BCUT2D eigenvalue weighted by Crippen LogP contribution is -2.63. The lowest BCUT2D eigenvalue weighted by atomic mass is 9.78. The molecule has 2 aliphatic carbocycles. The summed E-state index contributed by atoms with van der Waals surface area (Å²) in [7, 11) is 0. The van der Waals surface area contributed by atoms with E-state index in [1.807, 2.05) is 40.0 Å². The second kappa shape index (κ2) is 14.0. The highest BCUT2D eigenvalue weighted by Gasteiger charge is 2.48. The molecule has 3 aliphatic rings. The second-order valence-corrected chi connectivity index (χ2v) is 15.5. The number of likely N-dealkylation sites (tertiary alicyclic amines) is 1. The first-order chi connectivity index (χ1) is 20.7. The van der Waals surface area contributed by atoms with Crippen LogP contribution in [0.4, 0.5) is 4.79 Å². The molecule has 244 valence electrons. The number of amides is 5. The SMILES string of the molecule is CC(C)[C@H]1CCN(C(=O)[C@@H](NC(=O)NC2(Cc3ccsc3)CCCCC2)C(C)(C)C)[C@@H]1C(=O)NC(CC1CC1)C(=O)C(N)=O. The summed E-state index contributed by atoms with van der Waals surface area (Å²) in [5.41, 5.74) is 5.48. The second-order valence-electron chi connectivity index (χ2n) is 14.7. The molecule has 4 rings (SSSR count). The molecular formula is C33H51N5O5S. The van der Waals surface area contributed by atoms with Gasteiger partial charge in [0.2, 0.25) is 17.6 Å². The first-order valence-corrected chi connectivity index (χ1v) is 17.2. The van der Waals surface area contributed by atoms with Crippen molar-refractivity contribution in [2.24, 2.45) is 28.9 Å². The highest BCUT2D eigenvalue weighted by Crippen LogP contribution is 2.36. The van der Waals surface area contributed by atoms with Gasteiger partial charge in [-0.2, -0.15) is 11.3 Å². The van der Waals surface area contributed by atoms with E-state index >= 15 is 0 Å². The molecule has 1 aromatic rings. The van der Waals surface area contributed by atoms with Crippen molar-refractivity contribution >= 4 is 40.9 Å². The molecule has 0 aromatic carbocycles. The smallest absolute Gasteiger partial charge is 0.315 e. The maximum atomic E-state index is 14.3. The van der Waals surface area contributed by atoms with Crippen molar-refractivity contribution in [2.45, 2.75) is 122 Å². The van der Waals surface area contributed by atoms with Crippen LogP contribution in [0.25, 0.3) is 0 Å². The van der Waals surface area contributed by atoms with Crippen LogP contribution in [0.2, 0.25) is 0 Å². The predicted octanol–water partition coefficient (Wildman–Crippen LogP) is 3.92. The normalized spacial score (nSPS) is 23.1. The van der Waals surface area contributed by atoms with Gasteiger partial charge in [-0.1, -0.05) is 66.7 Å². The quantitative estimate of drug-likeness (QED) is 0.259. The maximum Gasteiger partial charge on any atom is 0.315 e. The Morgan fingerprint density at radius 1 is 1.05 bits per heavy atom. The first-order valence-electron chi connectivity index (χ1n) is 16.2. The van der Waals surface area contributed by atoms with Gasteiger partial charge in [0.25, 0.3) is 5.91 Å². The Morgan fingerprint density at radius 2 is 1.73 bits per heavy atom. The van der Waals surface area contributed by atoms with E-state index in [-0.39, 0.29) is 35.2 Å². The average molecular weight is 630 g/mol. The van der Waals surface area contributed by atoms with Crippen LogP contribution in [0, 0.1) is 23.2 Å². The third kappa shape index (κ3) is 8.40. The van der Waals surface area contributed by atoms with Gasteiger partial charge < -0.3 is 26.6 Å². The Bertz CT molecular complexity index is 1200. The fraction of sp³-hybridized carbons (Fsp3) is 0.727. The van der Waals surface area contributed by atoms with Gasteiger partial charge in [-0.3, -0.25) is 19.2 Å². The average Bonchev–Trinajstić information content (AvgIpc) is 3.41. The van der Waals surface area contributed by atoms with Gasteiger partial charge in [0.1, 0.15) is 12.1 Å². The summed E-state index contributed by atoms with van der Waals surface area (Å²) >= 11 is 1.64. The number of rotatable bonds is 12. The van der Waals surface area contributed by atoms with E-state index in [0.717, 1.165) is 51.4 Å². The molecule has 0 spiro atoms. The van der Waals surface area contributed by atoms with Gasteiger partial charge in [-0.05, 0) is 77.7 Å². The zero-order valence-corrected chi connectivity index (χ0v) is 27.8. The van der Waals surface area contributed by atoms with Crippen LogP contribution >= 0.6 is 11.3 Å². The van der Waals surface area contributed by atoms with E-state index in [2.05, 4.69) is 27.4 Å². The molecule has 0 bridgehead atoms. The van der Waals surface area contributed by atoms with Gasteiger partial charge in [0.05, 0.1) is 6.04 Å². The zero-order chi connectivity index (χ0) is 32.2. The molecular weight excluding hydrogens is 578 g/mol. The van der Waals surface area contributed by atoms with Crippen molar-refractivity contribution in [3.63, 3.8) is 0 Å². The Balaban J connectivity index is 1.53. The lowest BCUT2D eigenvalue weighted by molar-refractivity contribution is -0.144. The summed E-state index contributed by atoms with van der Waals surface area (Å²) in [5.74, 6) is -2.46. The number of thiophene rings is 1. The fourth-order valence-corrected chi connectivity index (χ4v) is 7.69. The number of carbonyl (C=O) groups excluding carboxylic acids is 5.